The summed E-state index contributed by atoms with van der Waals surface area (Å²) in [6, 6.07) is 4.66. The molecule has 1 aromatic heterocycles. The van der Waals surface area contributed by atoms with Gasteiger partial charge in [0.2, 0.25) is 0 Å². The van der Waals surface area contributed by atoms with E-state index < -0.39 is 0 Å². The second-order valence-corrected chi connectivity index (χ2v) is 3.79. The van der Waals surface area contributed by atoms with E-state index in [1.807, 2.05) is 0 Å². The zero-order valence-electron chi connectivity index (χ0n) is 8.72. The maximum absolute atomic E-state index is 11.8. The second-order valence-electron chi connectivity index (χ2n) is 3.35. The van der Waals surface area contributed by atoms with Crippen LogP contribution in [0.25, 0.3) is 0 Å². The summed E-state index contributed by atoms with van der Waals surface area (Å²) in [7, 11) is 0. The highest BCUT2D eigenvalue weighted by Crippen LogP contribution is 2.17. The molecule has 0 spiro atoms. The van der Waals surface area contributed by atoms with Crippen LogP contribution in [0.1, 0.15) is 10.4 Å². The molecule has 0 fully saturated rings. The van der Waals surface area contributed by atoms with E-state index in [1.54, 1.807) is 12.1 Å². The van der Waals surface area contributed by atoms with Gasteiger partial charge in [0.1, 0.15) is 6.33 Å². The predicted octanol–water partition coefficient (Wildman–Crippen LogP) is 1.96. The van der Waals surface area contributed by atoms with Crippen molar-refractivity contribution >= 4 is 28.9 Å². The van der Waals surface area contributed by atoms with Crippen LogP contribution in [-0.4, -0.2) is 15.9 Å². The summed E-state index contributed by atoms with van der Waals surface area (Å²) in [5.74, 6) is -0.311. The Kier molecular flexibility index (Phi) is 3.20. The number of hydrogen-bond donors (Lipinski definition) is 2. The SMILES string of the molecule is Nc1cc(Cl)cc(C(=O)Nc2cncnc2)c1. The van der Waals surface area contributed by atoms with Crippen LogP contribution in [0.5, 0.6) is 0 Å². The number of aromatic nitrogens is 2. The van der Waals surface area contributed by atoms with Gasteiger partial charge in [-0.15, -0.1) is 0 Å². The molecule has 0 saturated heterocycles. The van der Waals surface area contributed by atoms with Gasteiger partial charge in [-0.05, 0) is 18.2 Å². The lowest BCUT2D eigenvalue weighted by Gasteiger charge is -2.05. The van der Waals surface area contributed by atoms with Crippen molar-refractivity contribution < 1.29 is 4.79 Å². The summed E-state index contributed by atoms with van der Waals surface area (Å²) in [4.78, 5) is 19.4. The Balaban J connectivity index is 2.20. The number of carbonyl (C=O) groups is 1. The normalized spacial score (nSPS) is 9.94. The second kappa shape index (κ2) is 4.80. The fourth-order valence-corrected chi connectivity index (χ4v) is 1.55. The largest absolute Gasteiger partial charge is 0.399 e. The Morgan fingerprint density at radius 1 is 1.24 bits per heavy atom. The third-order valence-corrected chi connectivity index (χ3v) is 2.22. The highest BCUT2D eigenvalue weighted by atomic mass is 35.5. The molecule has 2 rings (SSSR count). The summed E-state index contributed by atoms with van der Waals surface area (Å²) >= 11 is 5.81. The number of anilines is 2. The number of amides is 1. The van der Waals surface area contributed by atoms with Crippen molar-refractivity contribution in [2.45, 2.75) is 0 Å². The third-order valence-electron chi connectivity index (χ3n) is 2.00. The van der Waals surface area contributed by atoms with Gasteiger partial charge in [-0.3, -0.25) is 4.79 Å². The molecule has 1 heterocycles. The smallest absolute Gasteiger partial charge is 0.255 e. The standard InChI is InChI=1S/C11H9ClN4O/c12-8-1-7(2-9(13)3-8)11(17)16-10-4-14-6-15-5-10/h1-6H,13H2,(H,16,17). The molecule has 5 nitrogen and oxygen atoms in total. The van der Waals surface area contributed by atoms with Crippen LogP contribution >= 0.6 is 11.6 Å². The van der Waals surface area contributed by atoms with E-state index in [1.165, 1.54) is 24.8 Å². The Hall–Kier alpha value is -2.14. The number of nitrogens with two attached hydrogens (primary N) is 1. The lowest BCUT2D eigenvalue weighted by Crippen LogP contribution is -2.12. The van der Waals surface area contributed by atoms with Gasteiger partial charge in [-0.25, -0.2) is 9.97 Å². The van der Waals surface area contributed by atoms with E-state index in [-0.39, 0.29) is 5.91 Å². The Morgan fingerprint density at radius 3 is 2.59 bits per heavy atom. The van der Waals surface area contributed by atoms with Gasteiger partial charge in [0.25, 0.3) is 5.91 Å². The highest BCUT2D eigenvalue weighted by Gasteiger charge is 2.08. The van der Waals surface area contributed by atoms with Crippen LogP contribution in [0.4, 0.5) is 11.4 Å². The summed E-state index contributed by atoms with van der Waals surface area (Å²) in [5.41, 5.74) is 6.94. The summed E-state index contributed by atoms with van der Waals surface area (Å²) in [6.45, 7) is 0. The van der Waals surface area contributed by atoms with E-state index in [0.29, 0.717) is 22.0 Å². The molecule has 86 valence electrons. The number of hydrogen-bond acceptors (Lipinski definition) is 4. The quantitative estimate of drug-likeness (QED) is 0.796. The van der Waals surface area contributed by atoms with E-state index in [4.69, 9.17) is 17.3 Å². The van der Waals surface area contributed by atoms with Crippen molar-refractivity contribution in [3.63, 3.8) is 0 Å². The fraction of sp³-hybridized carbons (Fsp3) is 0. The van der Waals surface area contributed by atoms with Crippen molar-refractivity contribution in [1.29, 1.82) is 0 Å². The maximum atomic E-state index is 11.8. The molecular formula is C11H9ClN4O. The number of rotatable bonds is 2. The molecule has 17 heavy (non-hydrogen) atoms. The molecule has 1 aromatic carbocycles. The van der Waals surface area contributed by atoms with Gasteiger partial charge >= 0.3 is 0 Å². The highest BCUT2D eigenvalue weighted by molar-refractivity contribution is 6.31. The number of nitrogens with zero attached hydrogens (tertiary/aromatic N) is 2. The zero-order chi connectivity index (χ0) is 12.3. The lowest BCUT2D eigenvalue weighted by molar-refractivity contribution is 0.102. The van der Waals surface area contributed by atoms with Crippen LogP contribution in [0.3, 0.4) is 0 Å². The van der Waals surface area contributed by atoms with Crippen LogP contribution < -0.4 is 11.1 Å². The third kappa shape index (κ3) is 2.92. The number of benzene rings is 1. The van der Waals surface area contributed by atoms with E-state index in [9.17, 15) is 4.79 Å². The van der Waals surface area contributed by atoms with Gasteiger partial charge in [0.15, 0.2) is 0 Å². The fourth-order valence-electron chi connectivity index (χ4n) is 1.31. The molecule has 0 aliphatic rings. The summed E-state index contributed by atoms with van der Waals surface area (Å²) in [6.07, 6.45) is 4.38. The molecule has 0 radical (unpaired) electrons. The number of carbonyl (C=O) groups excluding carboxylic acids is 1. The average Bonchev–Trinajstić information content (AvgIpc) is 2.29. The van der Waals surface area contributed by atoms with Crippen LogP contribution in [0, 0.1) is 0 Å². The minimum Gasteiger partial charge on any atom is -0.399 e. The van der Waals surface area contributed by atoms with Crippen LogP contribution in [0.15, 0.2) is 36.9 Å². The average molecular weight is 249 g/mol. The number of nitrogens with one attached hydrogen (secondary N) is 1. The van der Waals surface area contributed by atoms with E-state index in [0.717, 1.165) is 0 Å². The topological polar surface area (TPSA) is 80.9 Å². The maximum Gasteiger partial charge on any atom is 0.255 e. The monoisotopic (exact) mass is 248 g/mol. The van der Waals surface area contributed by atoms with Crippen molar-refractivity contribution in [2.24, 2.45) is 0 Å². The summed E-state index contributed by atoms with van der Waals surface area (Å²) in [5, 5.41) is 3.05. The predicted molar refractivity (Wildman–Crippen MR) is 65.8 cm³/mol. The molecule has 2 aromatic rings. The van der Waals surface area contributed by atoms with Gasteiger partial charge in [0.05, 0.1) is 18.1 Å². The molecule has 0 aliphatic carbocycles. The zero-order valence-corrected chi connectivity index (χ0v) is 9.48. The number of nitrogen functional groups attached to an aromatic ring is 1. The molecule has 6 heteroatoms. The minimum atomic E-state index is -0.311. The van der Waals surface area contributed by atoms with Crippen LogP contribution in [-0.2, 0) is 0 Å². The van der Waals surface area contributed by atoms with Crippen LogP contribution in [0.2, 0.25) is 5.02 Å². The van der Waals surface area contributed by atoms with Crippen molar-refractivity contribution in [2.75, 3.05) is 11.1 Å². The number of halogens is 1. The molecule has 3 N–H and O–H groups in total. The lowest BCUT2D eigenvalue weighted by atomic mass is 10.2. The van der Waals surface area contributed by atoms with Gasteiger partial charge in [0, 0.05) is 16.3 Å². The molecule has 1 amide bonds. The molecule has 0 atom stereocenters. The first-order valence-electron chi connectivity index (χ1n) is 4.77. The molecule has 0 aliphatic heterocycles. The Bertz CT molecular complexity index is 524. The first-order chi connectivity index (χ1) is 8.15. The first-order valence-corrected chi connectivity index (χ1v) is 5.15. The van der Waals surface area contributed by atoms with Crippen molar-refractivity contribution in [1.82, 2.24) is 9.97 Å². The van der Waals surface area contributed by atoms with E-state index >= 15 is 0 Å². The van der Waals surface area contributed by atoms with Crippen molar-refractivity contribution in [3.8, 4) is 0 Å². The summed E-state index contributed by atoms with van der Waals surface area (Å²) < 4.78 is 0. The van der Waals surface area contributed by atoms with Crippen molar-refractivity contribution in [3.05, 3.63) is 47.5 Å². The molecule has 0 bridgehead atoms. The molecular weight excluding hydrogens is 240 g/mol. The van der Waals surface area contributed by atoms with E-state index in [2.05, 4.69) is 15.3 Å². The molecule has 0 unspecified atom stereocenters. The Labute approximate surface area is 103 Å². The first kappa shape index (κ1) is 11.3. The van der Waals surface area contributed by atoms with Gasteiger partial charge < -0.3 is 11.1 Å². The minimum absolute atomic E-state index is 0.311. The van der Waals surface area contributed by atoms with Gasteiger partial charge in [-0.1, -0.05) is 11.6 Å². The Morgan fingerprint density at radius 2 is 1.94 bits per heavy atom. The molecule has 0 saturated carbocycles. The van der Waals surface area contributed by atoms with Gasteiger partial charge in [-0.2, -0.15) is 0 Å².